The summed E-state index contributed by atoms with van der Waals surface area (Å²) in [6, 6.07) is 66.4. The second-order valence-corrected chi connectivity index (χ2v) is 42.5. The number of allylic oxidation sites excluding steroid dienone is 2. The third-order valence-electron chi connectivity index (χ3n) is 14.3. The van der Waals surface area contributed by atoms with Gasteiger partial charge in [-0.2, -0.15) is 0 Å². The Bertz CT molecular complexity index is 2970. The van der Waals surface area contributed by atoms with Gasteiger partial charge in [0.05, 0.1) is 0 Å². The van der Waals surface area contributed by atoms with Crippen molar-refractivity contribution in [3.8, 4) is 22.3 Å². The molecule has 0 aromatic heterocycles. The maximum absolute atomic E-state index is 4.94. The molecule has 0 spiro atoms. The molecule has 0 amide bonds. The first-order chi connectivity index (χ1) is 28.3. The van der Waals surface area contributed by atoms with Crippen LogP contribution in [0.15, 0.2) is 176 Å². The first-order valence-corrected chi connectivity index (χ1v) is 32.7. The Balaban J connectivity index is 1.35. The van der Waals surface area contributed by atoms with E-state index in [1.54, 1.807) is 6.54 Å². The van der Waals surface area contributed by atoms with Crippen molar-refractivity contribution in [1.29, 1.82) is 0 Å². The van der Waals surface area contributed by atoms with E-state index in [0.717, 1.165) is 0 Å². The molecule has 0 radical (unpaired) electrons. The average molecular weight is 858 g/mol. The standard InChI is InChI=1S/C24H17.C21H25.2C6H5.H2Si.Zr/c1-16-13-14-17-8-6-12-22(24(16)17)23-15-18-7-2-3-9-19(18)20-10-4-5-11-21(20)23;1-20(2,3)16-7-9-18-14(12-16)11-15-13-17(21(4,5)6)8-10-19(15)18;2*1-2-4-6-5-3-1;;/h2-15H,1H3;7-13H,1-6H3;2*1-5H;1H2;. The Morgan fingerprint density at radius 1 is 0.441 bits per heavy atom. The van der Waals surface area contributed by atoms with Gasteiger partial charge in [-0.05, 0) is 0 Å². The molecule has 8 aromatic carbocycles. The molecule has 0 N–H and O–H groups in total. The van der Waals surface area contributed by atoms with Crippen LogP contribution >= 0.6 is 0 Å². The number of hydrogen-bond donors (Lipinski definition) is 0. The van der Waals surface area contributed by atoms with E-state index in [2.05, 4.69) is 231 Å². The second kappa shape index (κ2) is 13.6. The molecule has 0 saturated heterocycles. The molecule has 0 heterocycles. The molecule has 2 aliphatic carbocycles. The molecule has 1 unspecified atom stereocenters. The van der Waals surface area contributed by atoms with Crippen LogP contribution in [0.4, 0.5) is 0 Å². The van der Waals surface area contributed by atoms with Gasteiger partial charge in [-0.15, -0.1) is 0 Å². The first-order valence-electron chi connectivity index (χ1n) is 21.4. The van der Waals surface area contributed by atoms with Gasteiger partial charge in [0.15, 0.2) is 0 Å². The molecule has 8 aromatic rings. The van der Waals surface area contributed by atoms with Crippen LogP contribution in [-0.2, 0) is 28.2 Å². The van der Waals surface area contributed by atoms with E-state index in [1.165, 1.54) is 82.8 Å². The van der Waals surface area contributed by atoms with Gasteiger partial charge in [-0.3, -0.25) is 0 Å². The Kier molecular flexibility index (Phi) is 8.82. The molecule has 0 saturated carbocycles. The van der Waals surface area contributed by atoms with Crippen molar-refractivity contribution in [1.82, 2.24) is 0 Å². The molecule has 59 heavy (non-hydrogen) atoms. The predicted molar refractivity (Wildman–Crippen MR) is 255 cm³/mol. The summed E-state index contributed by atoms with van der Waals surface area (Å²) in [5.74, 6) is 0. The Hall–Kier alpha value is -4.88. The Morgan fingerprint density at radius 3 is 1.51 bits per heavy atom. The van der Waals surface area contributed by atoms with Gasteiger partial charge in [-0.1, -0.05) is 0 Å². The minimum atomic E-state index is -4.94. The van der Waals surface area contributed by atoms with E-state index in [1.807, 2.05) is 0 Å². The Morgan fingerprint density at radius 2 is 0.949 bits per heavy atom. The van der Waals surface area contributed by atoms with Crippen LogP contribution in [0.2, 0.25) is 0 Å². The zero-order chi connectivity index (χ0) is 40.9. The zero-order valence-corrected chi connectivity index (χ0v) is 39.5. The topological polar surface area (TPSA) is 0 Å². The molecule has 0 nitrogen and oxygen atoms in total. The van der Waals surface area contributed by atoms with Crippen LogP contribution < -0.4 is 6.54 Å². The zero-order valence-electron chi connectivity index (χ0n) is 35.6. The molecule has 290 valence electrons. The van der Waals surface area contributed by atoms with Crippen LogP contribution in [0.1, 0.15) is 89.1 Å². The van der Waals surface area contributed by atoms with Crippen molar-refractivity contribution in [2.75, 3.05) is 0 Å². The fourth-order valence-corrected chi connectivity index (χ4v) is 37.2. The number of rotatable bonds is 5. The van der Waals surface area contributed by atoms with Gasteiger partial charge >= 0.3 is 356 Å². The molecular weight excluding hydrogens is 804 g/mol. The van der Waals surface area contributed by atoms with Crippen molar-refractivity contribution in [3.05, 3.63) is 209 Å². The van der Waals surface area contributed by atoms with Gasteiger partial charge in [-0.25, -0.2) is 0 Å². The average Bonchev–Trinajstić information content (AvgIpc) is 3.78. The fraction of sp³-hybridized carbons (Fsp3) is 0.193. The molecule has 0 aliphatic heterocycles. The SMILES string of the molecule is CC1=C[CH]([Zr](=[SiH2])([c]2ccccc2)([c]2ccccc2)[CH]2c3cc(C(C)(C)C)ccc3-c3ccc(C(C)(C)C)cc32)c2cccc(-c3cc4ccccc4c4ccccc34)c21. The molecule has 2 heteroatoms. The van der Waals surface area contributed by atoms with E-state index >= 15 is 0 Å². The van der Waals surface area contributed by atoms with Crippen molar-refractivity contribution in [2.45, 2.75) is 66.5 Å². The van der Waals surface area contributed by atoms with Gasteiger partial charge in [0, 0.05) is 0 Å². The van der Waals surface area contributed by atoms with Crippen LogP contribution in [0, 0.1) is 0 Å². The normalized spacial score (nSPS) is 15.6. The monoisotopic (exact) mass is 856 g/mol. The third kappa shape index (κ3) is 5.62. The van der Waals surface area contributed by atoms with Crippen LogP contribution in [-0.4, -0.2) is 6.88 Å². The summed E-state index contributed by atoms with van der Waals surface area (Å²) in [6.45, 7) is 19.1. The molecule has 1 atom stereocenters. The van der Waals surface area contributed by atoms with E-state index in [9.17, 15) is 0 Å². The molecule has 0 fully saturated rings. The van der Waals surface area contributed by atoms with E-state index in [4.69, 9.17) is 0 Å². The van der Waals surface area contributed by atoms with E-state index < -0.39 is 17.4 Å². The molecule has 10 rings (SSSR count). The summed E-state index contributed by atoms with van der Waals surface area (Å²) in [5.41, 5.74) is 15.6. The number of fused-ring (bicyclic) bond motifs is 7. The van der Waals surface area contributed by atoms with Crippen molar-refractivity contribution >= 4 is 40.5 Å². The summed E-state index contributed by atoms with van der Waals surface area (Å²) in [4.78, 5) is 0. The summed E-state index contributed by atoms with van der Waals surface area (Å²) in [5, 5.41) is 5.22. The summed E-state index contributed by atoms with van der Waals surface area (Å²) in [7, 11) is 0. The fourth-order valence-electron chi connectivity index (χ4n) is 11.3. The van der Waals surface area contributed by atoms with Gasteiger partial charge in [0.2, 0.25) is 0 Å². The minimum absolute atomic E-state index is 0.0136. The van der Waals surface area contributed by atoms with E-state index in [-0.39, 0.29) is 18.1 Å². The van der Waals surface area contributed by atoms with Gasteiger partial charge < -0.3 is 0 Å². The van der Waals surface area contributed by atoms with Crippen LogP contribution in [0.3, 0.4) is 0 Å². The second-order valence-electron chi connectivity index (χ2n) is 19.7. The van der Waals surface area contributed by atoms with Crippen molar-refractivity contribution in [3.63, 3.8) is 0 Å². The summed E-state index contributed by atoms with van der Waals surface area (Å²) in [6.07, 6.45) is 2.74. The number of hydrogen-bond acceptors (Lipinski definition) is 0. The quantitative estimate of drug-likeness (QED) is 0.119. The predicted octanol–water partition coefficient (Wildman–Crippen LogP) is 13.4. The van der Waals surface area contributed by atoms with Gasteiger partial charge in [0.1, 0.15) is 0 Å². The molecule has 2 aliphatic rings. The van der Waals surface area contributed by atoms with Gasteiger partial charge in [0.25, 0.3) is 0 Å². The molecule has 0 bridgehead atoms. The third-order valence-corrected chi connectivity index (χ3v) is 42.0. The maximum atomic E-state index is 2.74. The first kappa shape index (κ1) is 38.3. The number of benzene rings is 8. The van der Waals surface area contributed by atoms with Crippen LogP contribution in [0.25, 0.3) is 49.4 Å². The summed E-state index contributed by atoms with van der Waals surface area (Å²) < 4.78 is 3.52. The molecular formula is C57H54SiZr. The van der Waals surface area contributed by atoms with Crippen LogP contribution in [0.5, 0.6) is 0 Å². The Labute approximate surface area is 353 Å². The van der Waals surface area contributed by atoms with E-state index in [0.29, 0.717) is 0 Å². The van der Waals surface area contributed by atoms with Crippen molar-refractivity contribution in [2.24, 2.45) is 0 Å². The summed E-state index contributed by atoms with van der Waals surface area (Å²) >= 11 is -4.94. The van der Waals surface area contributed by atoms with Crippen molar-refractivity contribution < 1.29 is 17.4 Å².